The first-order chi connectivity index (χ1) is 15.2. The summed E-state index contributed by atoms with van der Waals surface area (Å²) >= 11 is 0. The summed E-state index contributed by atoms with van der Waals surface area (Å²) in [6, 6.07) is -0.777. The molecule has 1 atom stereocenters. The Hall–Kier alpha value is -1.35. The number of rotatable bonds is 19. The number of nitrogens with two attached hydrogens (primary N) is 1. The molecule has 0 fully saturated rings. The average molecular weight is 471 g/mol. The van der Waals surface area contributed by atoms with Crippen molar-refractivity contribution < 1.29 is 33.0 Å². The van der Waals surface area contributed by atoms with Crippen molar-refractivity contribution in [2.45, 2.75) is 122 Å². The van der Waals surface area contributed by atoms with Crippen LogP contribution in [-0.4, -0.2) is 47.5 Å². The minimum absolute atomic E-state index is 0.247. The standard InChI is InChI=1S/C21H44N2O2.C2HF3O2/c1-2-3-4-5-6-7-8-9-10-11-12-13-14-15-16-17-18-23-21(25)20(22)19-24;3-2(4,5)1(6)7/h20,24H,2-19,22H2,1H3,(H,23,25);(H,6,7). The predicted molar refractivity (Wildman–Crippen MR) is 121 cm³/mol. The van der Waals surface area contributed by atoms with Crippen molar-refractivity contribution >= 4 is 11.9 Å². The van der Waals surface area contributed by atoms with Crippen molar-refractivity contribution in [3.63, 3.8) is 0 Å². The Morgan fingerprint density at radius 2 is 1.09 bits per heavy atom. The van der Waals surface area contributed by atoms with E-state index in [4.69, 9.17) is 20.7 Å². The number of unbranched alkanes of at least 4 members (excludes halogenated alkanes) is 15. The number of alkyl halides is 3. The van der Waals surface area contributed by atoms with Crippen LogP contribution in [0.15, 0.2) is 0 Å². The fraction of sp³-hybridized carbons (Fsp3) is 0.913. The smallest absolute Gasteiger partial charge is 0.475 e. The molecule has 0 saturated carbocycles. The quantitative estimate of drug-likeness (QED) is 0.191. The Kier molecular flexibility index (Phi) is 23.4. The van der Waals surface area contributed by atoms with E-state index in [1.807, 2.05) is 0 Å². The third-order valence-electron chi connectivity index (χ3n) is 5.11. The number of amides is 1. The first-order valence-corrected chi connectivity index (χ1v) is 12.1. The normalized spacial score (nSPS) is 12.1. The molecule has 0 rings (SSSR count). The summed E-state index contributed by atoms with van der Waals surface area (Å²) in [5.74, 6) is -3.00. The van der Waals surface area contributed by atoms with Crippen LogP contribution in [0.2, 0.25) is 0 Å². The third-order valence-corrected chi connectivity index (χ3v) is 5.11. The molecule has 0 spiro atoms. The van der Waals surface area contributed by atoms with Gasteiger partial charge in [-0.2, -0.15) is 13.2 Å². The number of halogens is 3. The van der Waals surface area contributed by atoms with Crippen molar-refractivity contribution in [1.29, 1.82) is 0 Å². The van der Waals surface area contributed by atoms with Gasteiger partial charge < -0.3 is 21.3 Å². The van der Waals surface area contributed by atoms with E-state index in [0.29, 0.717) is 6.54 Å². The number of carboxylic acid groups (broad SMARTS) is 1. The van der Waals surface area contributed by atoms with E-state index in [9.17, 15) is 18.0 Å². The molecule has 0 radical (unpaired) electrons. The SMILES string of the molecule is CCCCCCCCCCCCCCCCCCNC(=O)C(N)CO.O=C(O)C(F)(F)F. The van der Waals surface area contributed by atoms with E-state index in [0.717, 1.165) is 12.8 Å². The molecule has 0 bridgehead atoms. The van der Waals surface area contributed by atoms with E-state index in [1.165, 1.54) is 89.9 Å². The number of hydrogen-bond donors (Lipinski definition) is 4. The van der Waals surface area contributed by atoms with Crippen LogP contribution in [0.1, 0.15) is 110 Å². The zero-order chi connectivity index (χ0) is 24.7. The van der Waals surface area contributed by atoms with Gasteiger partial charge in [-0.05, 0) is 6.42 Å². The highest BCUT2D eigenvalue weighted by Gasteiger charge is 2.38. The van der Waals surface area contributed by atoms with E-state index in [1.54, 1.807) is 0 Å². The van der Waals surface area contributed by atoms with Gasteiger partial charge in [-0.3, -0.25) is 4.79 Å². The van der Waals surface area contributed by atoms with Gasteiger partial charge in [-0.15, -0.1) is 0 Å². The molecule has 0 aliphatic rings. The average Bonchev–Trinajstić information content (AvgIpc) is 2.74. The van der Waals surface area contributed by atoms with Gasteiger partial charge in [-0.25, -0.2) is 4.79 Å². The minimum atomic E-state index is -5.08. The van der Waals surface area contributed by atoms with Crippen LogP contribution in [0.5, 0.6) is 0 Å². The molecule has 9 heteroatoms. The molecule has 0 aromatic rings. The van der Waals surface area contributed by atoms with Crippen molar-refractivity contribution in [3.8, 4) is 0 Å². The molecule has 192 valence electrons. The van der Waals surface area contributed by atoms with Gasteiger partial charge in [0.2, 0.25) is 5.91 Å². The first-order valence-electron chi connectivity index (χ1n) is 12.1. The highest BCUT2D eigenvalue weighted by molar-refractivity contribution is 5.81. The summed E-state index contributed by atoms with van der Waals surface area (Å²) in [5.41, 5.74) is 5.43. The maximum Gasteiger partial charge on any atom is 0.490 e. The zero-order valence-corrected chi connectivity index (χ0v) is 19.7. The van der Waals surface area contributed by atoms with E-state index >= 15 is 0 Å². The van der Waals surface area contributed by atoms with Gasteiger partial charge in [0, 0.05) is 6.54 Å². The van der Waals surface area contributed by atoms with Crippen molar-refractivity contribution in [2.24, 2.45) is 5.73 Å². The highest BCUT2D eigenvalue weighted by atomic mass is 19.4. The van der Waals surface area contributed by atoms with Crippen LogP contribution >= 0.6 is 0 Å². The number of carbonyl (C=O) groups excluding carboxylic acids is 1. The van der Waals surface area contributed by atoms with Gasteiger partial charge in [0.1, 0.15) is 6.04 Å². The summed E-state index contributed by atoms with van der Waals surface area (Å²) < 4.78 is 31.7. The lowest BCUT2D eigenvalue weighted by Gasteiger charge is -2.09. The molecule has 0 heterocycles. The van der Waals surface area contributed by atoms with Crippen LogP contribution in [0.4, 0.5) is 13.2 Å². The van der Waals surface area contributed by atoms with E-state index < -0.39 is 18.2 Å². The van der Waals surface area contributed by atoms with Crippen molar-refractivity contribution in [2.75, 3.05) is 13.2 Å². The lowest BCUT2D eigenvalue weighted by atomic mass is 10.0. The monoisotopic (exact) mass is 470 g/mol. The summed E-state index contributed by atoms with van der Waals surface area (Å²) in [6.07, 6.45) is 16.5. The highest BCUT2D eigenvalue weighted by Crippen LogP contribution is 2.14. The molecule has 0 aromatic carbocycles. The first kappa shape index (κ1) is 32.8. The minimum Gasteiger partial charge on any atom is -0.475 e. The van der Waals surface area contributed by atoms with Crippen LogP contribution in [0.3, 0.4) is 0 Å². The third kappa shape index (κ3) is 24.9. The molecule has 1 unspecified atom stereocenters. The molecular formula is C23H45F3N2O4. The Morgan fingerprint density at radius 3 is 1.38 bits per heavy atom. The molecule has 6 nitrogen and oxygen atoms in total. The van der Waals surface area contributed by atoms with Gasteiger partial charge in [0.05, 0.1) is 6.61 Å². The number of aliphatic carboxylic acids is 1. The van der Waals surface area contributed by atoms with Crippen LogP contribution in [0, 0.1) is 0 Å². The van der Waals surface area contributed by atoms with Crippen LogP contribution < -0.4 is 11.1 Å². The number of carbonyl (C=O) groups is 2. The number of aliphatic hydroxyl groups is 1. The zero-order valence-electron chi connectivity index (χ0n) is 19.7. The fourth-order valence-electron chi connectivity index (χ4n) is 3.10. The topological polar surface area (TPSA) is 113 Å². The fourth-order valence-corrected chi connectivity index (χ4v) is 3.10. The summed E-state index contributed by atoms with van der Waals surface area (Å²) in [4.78, 5) is 20.2. The second kappa shape index (κ2) is 22.8. The second-order valence-corrected chi connectivity index (χ2v) is 8.19. The van der Waals surface area contributed by atoms with Gasteiger partial charge in [0.15, 0.2) is 0 Å². The molecule has 1 amide bonds. The van der Waals surface area contributed by atoms with E-state index in [2.05, 4.69) is 12.2 Å². The Morgan fingerprint density at radius 1 is 0.781 bits per heavy atom. The Labute approximate surface area is 191 Å². The molecule has 0 saturated heterocycles. The summed E-state index contributed by atoms with van der Waals surface area (Å²) in [5, 5.41) is 18.6. The predicted octanol–water partition coefficient (Wildman–Crippen LogP) is 5.32. The Balaban J connectivity index is 0. The second-order valence-electron chi connectivity index (χ2n) is 8.19. The molecule has 0 aromatic heterocycles. The molecule has 0 aliphatic heterocycles. The lowest BCUT2D eigenvalue weighted by molar-refractivity contribution is -0.192. The largest absolute Gasteiger partial charge is 0.490 e. The summed E-state index contributed by atoms with van der Waals surface area (Å²) in [6.45, 7) is 2.66. The van der Waals surface area contributed by atoms with Crippen molar-refractivity contribution in [1.82, 2.24) is 5.32 Å². The number of aliphatic hydroxyl groups excluding tert-OH is 1. The van der Waals surface area contributed by atoms with Gasteiger partial charge in [-0.1, -0.05) is 103 Å². The number of nitrogens with one attached hydrogen (secondary N) is 1. The maximum absolute atomic E-state index is 11.3. The van der Waals surface area contributed by atoms with Crippen LogP contribution in [-0.2, 0) is 9.59 Å². The number of carboxylic acids is 1. The van der Waals surface area contributed by atoms with Crippen LogP contribution in [0.25, 0.3) is 0 Å². The molecule has 5 N–H and O–H groups in total. The number of hydrogen-bond acceptors (Lipinski definition) is 4. The maximum atomic E-state index is 11.3. The molecular weight excluding hydrogens is 425 g/mol. The summed E-state index contributed by atoms with van der Waals surface area (Å²) in [7, 11) is 0. The Bertz CT molecular complexity index is 449. The lowest BCUT2D eigenvalue weighted by Crippen LogP contribution is -2.43. The van der Waals surface area contributed by atoms with Gasteiger partial charge >= 0.3 is 12.1 Å². The van der Waals surface area contributed by atoms with E-state index in [-0.39, 0.29) is 12.5 Å². The van der Waals surface area contributed by atoms with Gasteiger partial charge in [0.25, 0.3) is 0 Å². The van der Waals surface area contributed by atoms with Crippen molar-refractivity contribution in [3.05, 3.63) is 0 Å². The molecule has 0 aliphatic carbocycles. The molecule has 32 heavy (non-hydrogen) atoms.